The number of anilines is 2. The molecule has 8 heteroatoms. The Morgan fingerprint density at radius 2 is 1.71 bits per heavy atom. The minimum atomic E-state index is -4.43. The van der Waals surface area contributed by atoms with Crippen LogP contribution >= 0.6 is 0 Å². The second-order valence-corrected chi connectivity index (χ2v) is 6.13. The molecular weight excluding hydrogens is 367 g/mol. The number of benzene rings is 1. The number of halogens is 3. The molecule has 1 aromatic carbocycles. The SMILES string of the molecule is Cc1c(Nc2ccc(C(F)(F)F)cn2)ncnc1-c1cccc2cccnc12. The predicted octanol–water partition coefficient (Wildman–Crippen LogP) is 5.16. The maximum atomic E-state index is 12.7. The third-order valence-corrected chi connectivity index (χ3v) is 4.31. The molecule has 0 spiro atoms. The molecule has 0 saturated carbocycles. The number of alkyl halides is 3. The number of nitrogens with one attached hydrogen (secondary N) is 1. The minimum absolute atomic E-state index is 0.261. The average molecular weight is 381 g/mol. The van der Waals surface area contributed by atoms with Gasteiger partial charge in [-0.2, -0.15) is 13.2 Å². The number of pyridine rings is 2. The van der Waals surface area contributed by atoms with Crippen LogP contribution in [0.3, 0.4) is 0 Å². The van der Waals surface area contributed by atoms with E-state index in [9.17, 15) is 13.2 Å². The van der Waals surface area contributed by atoms with Gasteiger partial charge in [0.05, 0.1) is 16.8 Å². The fraction of sp³-hybridized carbons (Fsp3) is 0.100. The molecule has 0 saturated heterocycles. The largest absolute Gasteiger partial charge is 0.417 e. The van der Waals surface area contributed by atoms with Gasteiger partial charge >= 0.3 is 6.18 Å². The number of hydrogen-bond donors (Lipinski definition) is 1. The first-order valence-corrected chi connectivity index (χ1v) is 8.39. The number of aromatic nitrogens is 4. The summed E-state index contributed by atoms with van der Waals surface area (Å²) < 4.78 is 38.1. The zero-order chi connectivity index (χ0) is 19.7. The van der Waals surface area contributed by atoms with Crippen molar-refractivity contribution in [3.8, 4) is 11.3 Å². The van der Waals surface area contributed by atoms with Crippen molar-refractivity contribution in [3.63, 3.8) is 0 Å². The van der Waals surface area contributed by atoms with Gasteiger partial charge in [-0.3, -0.25) is 4.98 Å². The van der Waals surface area contributed by atoms with Gasteiger partial charge in [0, 0.05) is 28.9 Å². The molecule has 0 aliphatic heterocycles. The number of rotatable bonds is 3. The highest BCUT2D eigenvalue weighted by Crippen LogP contribution is 2.32. The Bertz CT molecular complexity index is 1140. The van der Waals surface area contributed by atoms with E-state index in [1.165, 1.54) is 12.4 Å². The Balaban J connectivity index is 1.71. The van der Waals surface area contributed by atoms with Crippen LogP contribution in [0.5, 0.6) is 0 Å². The summed E-state index contributed by atoms with van der Waals surface area (Å²) in [5.41, 5.74) is 2.28. The summed E-state index contributed by atoms with van der Waals surface area (Å²) in [7, 11) is 0. The molecule has 0 amide bonds. The molecule has 140 valence electrons. The van der Waals surface area contributed by atoms with Gasteiger partial charge in [-0.1, -0.05) is 24.3 Å². The van der Waals surface area contributed by atoms with Crippen LogP contribution < -0.4 is 5.32 Å². The topological polar surface area (TPSA) is 63.6 Å². The molecule has 1 N–H and O–H groups in total. The normalized spacial score (nSPS) is 11.6. The minimum Gasteiger partial charge on any atom is -0.325 e. The van der Waals surface area contributed by atoms with E-state index in [-0.39, 0.29) is 5.82 Å². The molecule has 0 radical (unpaired) electrons. The summed E-state index contributed by atoms with van der Waals surface area (Å²) in [6.45, 7) is 1.84. The highest BCUT2D eigenvalue weighted by molar-refractivity contribution is 5.93. The van der Waals surface area contributed by atoms with Gasteiger partial charge in [0.1, 0.15) is 18.0 Å². The van der Waals surface area contributed by atoms with Crippen molar-refractivity contribution in [1.82, 2.24) is 19.9 Å². The number of fused-ring (bicyclic) bond motifs is 1. The second kappa shape index (κ2) is 6.88. The van der Waals surface area contributed by atoms with Crippen molar-refractivity contribution in [2.45, 2.75) is 13.1 Å². The van der Waals surface area contributed by atoms with Crippen molar-refractivity contribution < 1.29 is 13.2 Å². The van der Waals surface area contributed by atoms with E-state index in [4.69, 9.17) is 0 Å². The summed E-state index contributed by atoms with van der Waals surface area (Å²) in [6.07, 6.45) is -0.524. The zero-order valence-electron chi connectivity index (χ0n) is 14.7. The van der Waals surface area contributed by atoms with Gasteiger partial charge in [0.25, 0.3) is 0 Å². The number of nitrogens with zero attached hydrogens (tertiary/aromatic N) is 4. The fourth-order valence-corrected chi connectivity index (χ4v) is 2.90. The molecule has 4 rings (SSSR count). The van der Waals surface area contributed by atoms with Gasteiger partial charge < -0.3 is 5.32 Å². The third-order valence-electron chi connectivity index (χ3n) is 4.31. The summed E-state index contributed by atoms with van der Waals surface area (Å²) >= 11 is 0. The van der Waals surface area contributed by atoms with Crippen LogP contribution in [0.25, 0.3) is 22.2 Å². The lowest BCUT2D eigenvalue weighted by molar-refractivity contribution is -0.137. The Kier molecular flexibility index (Phi) is 4.38. The average Bonchev–Trinajstić information content (AvgIpc) is 2.69. The molecule has 0 aliphatic carbocycles. The van der Waals surface area contributed by atoms with Gasteiger partial charge in [-0.05, 0) is 25.1 Å². The second-order valence-electron chi connectivity index (χ2n) is 6.13. The smallest absolute Gasteiger partial charge is 0.325 e. The summed E-state index contributed by atoms with van der Waals surface area (Å²) in [6, 6.07) is 11.9. The molecule has 4 aromatic rings. The molecule has 5 nitrogen and oxygen atoms in total. The zero-order valence-corrected chi connectivity index (χ0v) is 14.7. The predicted molar refractivity (Wildman–Crippen MR) is 100 cm³/mol. The van der Waals surface area contributed by atoms with Crippen molar-refractivity contribution in [2.24, 2.45) is 0 Å². The van der Waals surface area contributed by atoms with Gasteiger partial charge in [0.2, 0.25) is 0 Å². The molecule has 0 bridgehead atoms. The fourth-order valence-electron chi connectivity index (χ4n) is 2.90. The molecule has 0 atom stereocenters. The molecule has 3 heterocycles. The molecular formula is C20H14F3N5. The number of hydrogen-bond acceptors (Lipinski definition) is 5. The van der Waals surface area contributed by atoms with Crippen molar-refractivity contribution in [3.05, 3.63) is 72.3 Å². The molecule has 3 aromatic heterocycles. The van der Waals surface area contributed by atoms with E-state index < -0.39 is 11.7 Å². The van der Waals surface area contributed by atoms with E-state index in [0.717, 1.165) is 34.3 Å². The van der Waals surface area contributed by atoms with Crippen molar-refractivity contribution in [2.75, 3.05) is 5.32 Å². The summed E-state index contributed by atoms with van der Waals surface area (Å²) in [5, 5.41) is 3.94. The lowest BCUT2D eigenvalue weighted by atomic mass is 10.0. The Labute approximate surface area is 158 Å². The van der Waals surface area contributed by atoms with Crippen LogP contribution in [0.1, 0.15) is 11.1 Å². The summed E-state index contributed by atoms with van der Waals surface area (Å²) in [4.78, 5) is 16.9. The molecule has 0 fully saturated rings. The lowest BCUT2D eigenvalue weighted by Gasteiger charge is -2.13. The Morgan fingerprint density at radius 1 is 0.893 bits per heavy atom. The van der Waals surface area contributed by atoms with E-state index in [0.29, 0.717) is 11.5 Å². The van der Waals surface area contributed by atoms with Crippen LogP contribution in [0, 0.1) is 6.92 Å². The molecule has 0 unspecified atom stereocenters. The highest BCUT2D eigenvalue weighted by Gasteiger charge is 2.30. The Hall–Kier alpha value is -3.55. The quantitative estimate of drug-likeness (QED) is 0.531. The standard InChI is InChI=1S/C20H14F3N5/c1-12-17(15-6-2-4-13-5-3-9-24-18(13)15)26-11-27-19(12)28-16-8-7-14(10-25-16)20(21,22)23/h2-11H,1H3,(H,25,26,27,28). The van der Waals surface area contributed by atoms with Crippen LogP contribution in [0.2, 0.25) is 0 Å². The van der Waals surface area contributed by atoms with Crippen LogP contribution in [-0.2, 0) is 6.18 Å². The van der Waals surface area contributed by atoms with Crippen molar-refractivity contribution in [1.29, 1.82) is 0 Å². The van der Waals surface area contributed by atoms with Gasteiger partial charge in [0.15, 0.2) is 0 Å². The van der Waals surface area contributed by atoms with E-state index in [2.05, 4.69) is 25.3 Å². The lowest BCUT2D eigenvalue weighted by Crippen LogP contribution is -2.06. The first-order chi connectivity index (χ1) is 13.4. The highest BCUT2D eigenvalue weighted by atomic mass is 19.4. The maximum Gasteiger partial charge on any atom is 0.417 e. The van der Waals surface area contributed by atoms with Crippen molar-refractivity contribution >= 4 is 22.5 Å². The van der Waals surface area contributed by atoms with Gasteiger partial charge in [-0.15, -0.1) is 0 Å². The molecule has 28 heavy (non-hydrogen) atoms. The monoisotopic (exact) mass is 381 g/mol. The van der Waals surface area contributed by atoms with Crippen LogP contribution in [0.4, 0.5) is 24.8 Å². The Morgan fingerprint density at radius 3 is 2.46 bits per heavy atom. The summed E-state index contributed by atoms with van der Waals surface area (Å²) in [5.74, 6) is 0.724. The van der Waals surface area contributed by atoms with Crippen LogP contribution in [-0.4, -0.2) is 19.9 Å². The first-order valence-electron chi connectivity index (χ1n) is 8.39. The first kappa shape index (κ1) is 17.8. The third kappa shape index (κ3) is 3.36. The molecule has 0 aliphatic rings. The maximum absolute atomic E-state index is 12.7. The van der Waals surface area contributed by atoms with E-state index in [1.54, 1.807) is 6.20 Å². The van der Waals surface area contributed by atoms with Crippen LogP contribution in [0.15, 0.2) is 61.2 Å². The van der Waals surface area contributed by atoms with E-state index in [1.807, 2.05) is 37.3 Å². The number of para-hydroxylation sites is 1. The van der Waals surface area contributed by atoms with Gasteiger partial charge in [-0.25, -0.2) is 15.0 Å². The van der Waals surface area contributed by atoms with E-state index >= 15 is 0 Å².